The number of unbranched alkanes of at least 4 members (excludes halogenated alkanes) is 18. The minimum atomic E-state index is -1.51. The molecule has 1 N–H and O–H groups in total. The van der Waals surface area contributed by atoms with Gasteiger partial charge in [0.15, 0.2) is 6.10 Å². The van der Waals surface area contributed by atoms with Gasteiger partial charge in [0.05, 0.1) is 34.4 Å². The van der Waals surface area contributed by atoms with E-state index in [0.29, 0.717) is 17.4 Å². The standard InChI is InChI=1S/C51H89NO8/c1-6-8-10-12-14-16-18-20-22-23-24-25-26-27-28-30-32-34-36-38-40-42-49(54)60-47(46-59-51(50(55)56)57-44-43-52(3,4)5)45-58-48(53)41-39-37-35-33-31-29-21-19-17-15-13-11-9-7-2/h8,10,14,16,19-22,24-25,47,51H,6-7,9,11-13,15,17-18,23,26-46H2,1-5H3/p+1/b10-8-,16-14-,21-19-,22-20-,25-24-. The molecule has 0 amide bonds. The van der Waals surface area contributed by atoms with Gasteiger partial charge in [0.1, 0.15) is 13.2 Å². The fourth-order valence-corrected chi connectivity index (χ4v) is 6.29. The highest BCUT2D eigenvalue weighted by atomic mass is 16.7. The van der Waals surface area contributed by atoms with Crippen LogP contribution in [0.25, 0.3) is 0 Å². The lowest BCUT2D eigenvalue weighted by atomic mass is 10.1. The van der Waals surface area contributed by atoms with Crippen LogP contribution in [-0.2, 0) is 33.3 Å². The van der Waals surface area contributed by atoms with Crippen molar-refractivity contribution in [1.29, 1.82) is 0 Å². The van der Waals surface area contributed by atoms with E-state index >= 15 is 0 Å². The Kier molecular flexibility index (Phi) is 40.5. The van der Waals surface area contributed by atoms with E-state index in [2.05, 4.69) is 74.6 Å². The smallest absolute Gasteiger partial charge is 0.361 e. The van der Waals surface area contributed by atoms with Gasteiger partial charge in [-0.05, 0) is 77.0 Å². The predicted molar refractivity (Wildman–Crippen MR) is 249 cm³/mol. The summed E-state index contributed by atoms with van der Waals surface area (Å²) in [6.45, 7) is 4.72. The third-order valence-electron chi connectivity index (χ3n) is 10.0. The van der Waals surface area contributed by atoms with Crippen LogP contribution >= 0.6 is 0 Å². The van der Waals surface area contributed by atoms with Crippen molar-refractivity contribution in [3.63, 3.8) is 0 Å². The molecular weight excluding hydrogens is 755 g/mol. The summed E-state index contributed by atoms with van der Waals surface area (Å²) in [6, 6.07) is 0. The molecule has 0 aromatic rings. The molecular formula is C51H90NO8+. The van der Waals surface area contributed by atoms with Crippen LogP contribution in [0, 0.1) is 0 Å². The number of aliphatic carboxylic acids is 1. The zero-order valence-corrected chi connectivity index (χ0v) is 39.1. The maximum Gasteiger partial charge on any atom is 0.361 e. The number of carbonyl (C=O) groups excluding carboxylic acids is 2. The summed E-state index contributed by atoms with van der Waals surface area (Å²) in [5.74, 6) is -2.03. The summed E-state index contributed by atoms with van der Waals surface area (Å²) < 4.78 is 22.7. The number of ether oxygens (including phenoxy) is 4. The maximum absolute atomic E-state index is 12.8. The number of carbonyl (C=O) groups is 3. The molecule has 0 aliphatic heterocycles. The Balaban J connectivity index is 4.41. The monoisotopic (exact) mass is 845 g/mol. The van der Waals surface area contributed by atoms with Gasteiger partial charge in [-0.2, -0.15) is 0 Å². The molecule has 0 spiro atoms. The number of quaternary nitrogens is 1. The number of nitrogens with zero attached hydrogens (tertiary/aromatic N) is 1. The van der Waals surface area contributed by atoms with Gasteiger partial charge in [-0.25, -0.2) is 4.79 Å². The maximum atomic E-state index is 12.8. The van der Waals surface area contributed by atoms with Gasteiger partial charge < -0.3 is 28.5 Å². The predicted octanol–water partition coefficient (Wildman–Crippen LogP) is 12.9. The van der Waals surface area contributed by atoms with Crippen LogP contribution in [-0.4, -0.2) is 87.4 Å². The largest absolute Gasteiger partial charge is 0.477 e. The lowest BCUT2D eigenvalue weighted by Gasteiger charge is -2.25. The molecule has 0 aromatic carbocycles. The van der Waals surface area contributed by atoms with Crippen LogP contribution in [0.3, 0.4) is 0 Å². The van der Waals surface area contributed by atoms with Crippen LogP contribution in [0.15, 0.2) is 60.8 Å². The molecule has 0 radical (unpaired) electrons. The molecule has 2 atom stereocenters. The first-order valence-corrected chi connectivity index (χ1v) is 24.0. The Hall–Kier alpha value is -3.01. The van der Waals surface area contributed by atoms with Crippen molar-refractivity contribution in [2.24, 2.45) is 0 Å². The fraction of sp³-hybridized carbons (Fsp3) is 0.745. The second-order valence-corrected chi connectivity index (χ2v) is 17.0. The van der Waals surface area contributed by atoms with E-state index in [1.807, 2.05) is 21.1 Å². The van der Waals surface area contributed by atoms with Crippen LogP contribution in [0.4, 0.5) is 0 Å². The molecule has 0 aliphatic rings. The second kappa shape index (κ2) is 42.7. The summed E-state index contributed by atoms with van der Waals surface area (Å²) in [5.41, 5.74) is 0. The minimum absolute atomic E-state index is 0.182. The van der Waals surface area contributed by atoms with Gasteiger partial charge in [-0.15, -0.1) is 0 Å². The molecule has 9 heteroatoms. The quantitative estimate of drug-likeness (QED) is 0.0212. The molecule has 0 saturated heterocycles. The van der Waals surface area contributed by atoms with Crippen LogP contribution in [0.1, 0.15) is 187 Å². The number of allylic oxidation sites excluding steroid dienone is 10. The van der Waals surface area contributed by atoms with Crippen molar-refractivity contribution in [1.82, 2.24) is 0 Å². The summed E-state index contributed by atoms with van der Waals surface area (Å²) in [6.07, 6.45) is 48.5. The fourth-order valence-electron chi connectivity index (χ4n) is 6.29. The number of carboxylic acid groups (broad SMARTS) is 1. The molecule has 346 valence electrons. The number of likely N-dealkylation sites (N-methyl/N-ethyl adjacent to an activating group) is 1. The van der Waals surface area contributed by atoms with Crippen molar-refractivity contribution in [3.05, 3.63) is 60.8 Å². The van der Waals surface area contributed by atoms with Crippen molar-refractivity contribution in [2.45, 2.75) is 200 Å². The van der Waals surface area contributed by atoms with Gasteiger partial charge in [0.25, 0.3) is 6.29 Å². The van der Waals surface area contributed by atoms with Crippen molar-refractivity contribution < 1.29 is 42.9 Å². The molecule has 2 unspecified atom stereocenters. The Labute approximate surface area is 367 Å². The molecule has 0 heterocycles. The summed E-state index contributed by atoms with van der Waals surface area (Å²) in [5, 5.41) is 9.65. The zero-order chi connectivity index (χ0) is 44.2. The minimum Gasteiger partial charge on any atom is -0.477 e. The summed E-state index contributed by atoms with van der Waals surface area (Å²) in [7, 11) is 5.95. The molecule has 0 bridgehead atoms. The average Bonchev–Trinajstić information content (AvgIpc) is 3.21. The van der Waals surface area contributed by atoms with E-state index in [0.717, 1.165) is 89.9 Å². The SMILES string of the molecule is CC/C=C\C/C=C\C/C=C\C/C=C\CCCCCCCCCCC(=O)OC(COC(=O)CCCCCCC/C=C\CCCCCCC)COC(OCC[N+](C)(C)C)C(=O)O. The number of hydrogen-bond donors (Lipinski definition) is 1. The van der Waals surface area contributed by atoms with E-state index in [4.69, 9.17) is 18.9 Å². The Morgan fingerprint density at radius 1 is 0.517 bits per heavy atom. The Bertz CT molecular complexity index is 1170. The van der Waals surface area contributed by atoms with Gasteiger partial charge in [0, 0.05) is 12.8 Å². The molecule has 9 nitrogen and oxygen atoms in total. The molecule has 0 fully saturated rings. The first kappa shape index (κ1) is 57.0. The molecule has 60 heavy (non-hydrogen) atoms. The number of rotatable bonds is 43. The van der Waals surface area contributed by atoms with Gasteiger partial charge in [-0.1, -0.05) is 158 Å². The number of carboxylic acids is 1. The third-order valence-corrected chi connectivity index (χ3v) is 10.0. The highest BCUT2D eigenvalue weighted by Gasteiger charge is 2.25. The lowest BCUT2D eigenvalue weighted by Crippen LogP contribution is -2.40. The molecule has 0 rings (SSSR count). The van der Waals surface area contributed by atoms with E-state index in [1.165, 1.54) is 64.2 Å². The molecule has 0 saturated carbocycles. The van der Waals surface area contributed by atoms with Crippen molar-refractivity contribution in [2.75, 3.05) is 47.5 Å². The van der Waals surface area contributed by atoms with Gasteiger partial charge in [-0.3, -0.25) is 9.59 Å². The third kappa shape index (κ3) is 43.1. The van der Waals surface area contributed by atoms with E-state index < -0.39 is 24.3 Å². The first-order valence-electron chi connectivity index (χ1n) is 24.0. The Morgan fingerprint density at radius 3 is 1.43 bits per heavy atom. The number of esters is 2. The van der Waals surface area contributed by atoms with E-state index in [-0.39, 0.29) is 38.6 Å². The Morgan fingerprint density at radius 2 is 0.950 bits per heavy atom. The summed E-state index contributed by atoms with van der Waals surface area (Å²) in [4.78, 5) is 37.2. The van der Waals surface area contributed by atoms with Crippen LogP contribution in [0.2, 0.25) is 0 Å². The topological polar surface area (TPSA) is 108 Å². The van der Waals surface area contributed by atoms with Gasteiger partial charge in [0.2, 0.25) is 0 Å². The van der Waals surface area contributed by atoms with Crippen LogP contribution in [0.5, 0.6) is 0 Å². The normalized spacial score (nSPS) is 13.4. The number of hydrogen-bond acceptors (Lipinski definition) is 7. The zero-order valence-electron chi connectivity index (χ0n) is 39.1. The van der Waals surface area contributed by atoms with Crippen molar-refractivity contribution >= 4 is 17.9 Å². The van der Waals surface area contributed by atoms with Gasteiger partial charge >= 0.3 is 17.9 Å². The molecule has 0 aromatic heterocycles. The second-order valence-electron chi connectivity index (χ2n) is 17.0. The van der Waals surface area contributed by atoms with Crippen molar-refractivity contribution in [3.8, 4) is 0 Å². The highest BCUT2D eigenvalue weighted by Crippen LogP contribution is 2.14. The van der Waals surface area contributed by atoms with Crippen LogP contribution < -0.4 is 0 Å². The van der Waals surface area contributed by atoms with E-state index in [1.54, 1.807) is 0 Å². The first-order chi connectivity index (χ1) is 29.1. The van der Waals surface area contributed by atoms with E-state index in [9.17, 15) is 19.5 Å². The average molecular weight is 845 g/mol. The highest BCUT2D eigenvalue weighted by molar-refractivity contribution is 5.71. The lowest BCUT2D eigenvalue weighted by molar-refractivity contribution is -0.870. The molecule has 0 aliphatic carbocycles. The summed E-state index contributed by atoms with van der Waals surface area (Å²) >= 11 is 0.